The number of aryl methyl sites for hydroxylation is 1. The van der Waals surface area contributed by atoms with Crippen LogP contribution in [0, 0.1) is 6.92 Å². The van der Waals surface area contributed by atoms with Gasteiger partial charge in [0.2, 0.25) is 0 Å². The van der Waals surface area contributed by atoms with Crippen molar-refractivity contribution in [2.45, 2.75) is 19.4 Å². The van der Waals surface area contributed by atoms with E-state index in [-0.39, 0.29) is 6.04 Å². The average Bonchev–Trinajstić information content (AvgIpc) is 2.49. The van der Waals surface area contributed by atoms with Crippen LogP contribution in [0.3, 0.4) is 0 Å². The maximum absolute atomic E-state index is 6.32. The zero-order valence-corrected chi connectivity index (χ0v) is 14.1. The molecule has 0 saturated heterocycles. The van der Waals surface area contributed by atoms with E-state index in [2.05, 4.69) is 35.0 Å². The number of hydrogen-bond donors (Lipinski definition) is 1. The molecule has 0 bridgehead atoms. The molecule has 0 radical (unpaired) electrons. The molecule has 112 valence electrons. The van der Waals surface area contributed by atoms with Crippen molar-refractivity contribution in [2.24, 2.45) is 5.73 Å². The number of nitrogens with two attached hydrogens (primary N) is 1. The van der Waals surface area contributed by atoms with Crippen molar-refractivity contribution >= 4 is 15.9 Å². The lowest BCUT2D eigenvalue weighted by atomic mass is 9.98. The summed E-state index contributed by atoms with van der Waals surface area (Å²) in [6, 6.07) is 12.1. The third-order valence-electron chi connectivity index (χ3n) is 3.51. The lowest BCUT2D eigenvalue weighted by Crippen LogP contribution is -2.13. The summed E-state index contributed by atoms with van der Waals surface area (Å²) < 4.78 is 11.7. The topological polar surface area (TPSA) is 44.5 Å². The van der Waals surface area contributed by atoms with Crippen LogP contribution in [0.25, 0.3) is 0 Å². The molecule has 0 heterocycles. The van der Waals surface area contributed by atoms with E-state index >= 15 is 0 Å². The van der Waals surface area contributed by atoms with Gasteiger partial charge in [-0.2, -0.15) is 0 Å². The van der Waals surface area contributed by atoms with Gasteiger partial charge in [0, 0.05) is 10.5 Å². The Kier molecular flexibility index (Phi) is 5.26. The Balaban J connectivity index is 2.18. The Morgan fingerprint density at radius 1 is 1.05 bits per heavy atom. The molecule has 0 aliphatic carbocycles. The molecule has 0 aliphatic rings. The third kappa shape index (κ3) is 3.77. The number of ether oxygens (including phenoxy) is 2. The van der Waals surface area contributed by atoms with Gasteiger partial charge in [-0.3, -0.25) is 0 Å². The molecule has 0 saturated carbocycles. The van der Waals surface area contributed by atoms with Crippen molar-refractivity contribution in [1.82, 2.24) is 0 Å². The average molecular weight is 350 g/mol. The minimum atomic E-state index is -0.0464. The molecule has 2 rings (SSSR count). The lowest BCUT2D eigenvalue weighted by Gasteiger charge is -2.15. The smallest absolute Gasteiger partial charge is 0.160 e. The highest BCUT2D eigenvalue weighted by Crippen LogP contribution is 2.29. The van der Waals surface area contributed by atoms with Crippen LogP contribution in [0.4, 0.5) is 0 Å². The molecule has 0 aromatic heterocycles. The van der Waals surface area contributed by atoms with Crippen molar-refractivity contribution < 1.29 is 9.47 Å². The van der Waals surface area contributed by atoms with E-state index in [1.807, 2.05) is 24.3 Å². The fourth-order valence-corrected chi connectivity index (χ4v) is 2.52. The van der Waals surface area contributed by atoms with Gasteiger partial charge in [0.15, 0.2) is 11.5 Å². The summed E-state index contributed by atoms with van der Waals surface area (Å²) in [6.07, 6.45) is 0.751. The minimum absolute atomic E-state index is 0.0464. The van der Waals surface area contributed by atoms with Crippen molar-refractivity contribution in [3.05, 3.63) is 57.6 Å². The Hall–Kier alpha value is -1.52. The van der Waals surface area contributed by atoms with E-state index < -0.39 is 0 Å². The largest absolute Gasteiger partial charge is 0.493 e. The van der Waals surface area contributed by atoms with Crippen molar-refractivity contribution in [2.75, 3.05) is 14.2 Å². The van der Waals surface area contributed by atoms with Gasteiger partial charge in [-0.1, -0.05) is 34.1 Å². The summed E-state index contributed by atoms with van der Waals surface area (Å²) in [7, 11) is 3.27. The fraction of sp³-hybridized carbons (Fsp3) is 0.294. The van der Waals surface area contributed by atoms with Crippen LogP contribution in [0.1, 0.15) is 22.7 Å². The summed E-state index contributed by atoms with van der Waals surface area (Å²) in [6.45, 7) is 2.07. The van der Waals surface area contributed by atoms with E-state index in [1.54, 1.807) is 14.2 Å². The molecular weight excluding hydrogens is 330 g/mol. The Bertz CT molecular complexity index is 628. The van der Waals surface area contributed by atoms with Gasteiger partial charge in [-0.05, 0) is 48.2 Å². The van der Waals surface area contributed by atoms with E-state index in [0.29, 0.717) is 0 Å². The third-order valence-corrected chi connectivity index (χ3v) is 4.40. The molecule has 3 nitrogen and oxygen atoms in total. The first kappa shape index (κ1) is 15.9. The summed E-state index contributed by atoms with van der Waals surface area (Å²) in [5.74, 6) is 1.46. The molecular formula is C17H20BrNO2. The molecule has 21 heavy (non-hydrogen) atoms. The Labute approximate surface area is 134 Å². The molecule has 4 heteroatoms. The van der Waals surface area contributed by atoms with Gasteiger partial charge >= 0.3 is 0 Å². The molecule has 1 unspecified atom stereocenters. The minimum Gasteiger partial charge on any atom is -0.493 e. The Morgan fingerprint density at radius 3 is 2.38 bits per heavy atom. The van der Waals surface area contributed by atoms with E-state index in [9.17, 15) is 0 Å². The van der Waals surface area contributed by atoms with Gasteiger partial charge in [0.1, 0.15) is 0 Å². The first-order valence-electron chi connectivity index (χ1n) is 6.77. The van der Waals surface area contributed by atoms with Crippen LogP contribution >= 0.6 is 15.9 Å². The van der Waals surface area contributed by atoms with Crippen LogP contribution < -0.4 is 15.2 Å². The maximum atomic E-state index is 6.32. The molecule has 1 atom stereocenters. The number of rotatable bonds is 5. The second-order valence-electron chi connectivity index (χ2n) is 5.01. The monoisotopic (exact) mass is 349 g/mol. The standard InChI is InChI=1S/C17H20BrNO2/c1-11-8-13(5-6-14(11)18)15(19)9-12-4-7-16(20-2)17(10-12)21-3/h4-8,10,15H,9,19H2,1-3H3. The Morgan fingerprint density at radius 2 is 1.76 bits per heavy atom. The van der Waals surface area contributed by atoms with Gasteiger partial charge in [0.25, 0.3) is 0 Å². The predicted molar refractivity (Wildman–Crippen MR) is 89.1 cm³/mol. The number of benzene rings is 2. The highest BCUT2D eigenvalue weighted by Gasteiger charge is 2.11. The highest BCUT2D eigenvalue weighted by molar-refractivity contribution is 9.10. The molecule has 2 aromatic carbocycles. The van der Waals surface area contributed by atoms with Crippen LogP contribution in [-0.2, 0) is 6.42 Å². The van der Waals surface area contributed by atoms with Crippen LogP contribution in [-0.4, -0.2) is 14.2 Å². The van der Waals surface area contributed by atoms with E-state index in [0.717, 1.165) is 33.5 Å². The summed E-state index contributed by atoms with van der Waals surface area (Å²) in [5, 5.41) is 0. The molecule has 0 amide bonds. The van der Waals surface area contributed by atoms with Crippen molar-refractivity contribution in [1.29, 1.82) is 0 Å². The first-order valence-corrected chi connectivity index (χ1v) is 7.57. The fourth-order valence-electron chi connectivity index (χ4n) is 2.28. The summed E-state index contributed by atoms with van der Waals surface area (Å²) in [5.41, 5.74) is 9.77. The van der Waals surface area contributed by atoms with Gasteiger partial charge in [-0.15, -0.1) is 0 Å². The molecule has 0 spiro atoms. The van der Waals surface area contributed by atoms with Gasteiger partial charge in [0.05, 0.1) is 14.2 Å². The summed E-state index contributed by atoms with van der Waals surface area (Å²) >= 11 is 3.51. The van der Waals surface area contributed by atoms with Crippen molar-refractivity contribution in [3.63, 3.8) is 0 Å². The van der Waals surface area contributed by atoms with Gasteiger partial charge in [-0.25, -0.2) is 0 Å². The van der Waals surface area contributed by atoms with E-state index in [4.69, 9.17) is 15.2 Å². The predicted octanol–water partition coefficient (Wildman–Crippen LogP) is 4.02. The van der Waals surface area contributed by atoms with Crippen molar-refractivity contribution in [3.8, 4) is 11.5 Å². The number of halogens is 1. The number of hydrogen-bond acceptors (Lipinski definition) is 3. The quantitative estimate of drug-likeness (QED) is 0.886. The first-order chi connectivity index (χ1) is 10.0. The molecule has 2 aromatic rings. The highest BCUT2D eigenvalue weighted by atomic mass is 79.9. The zero-order valence-electron chi connectivity index (χ0n) is 12.5. The zero-order chi connectivity index (χ0) is 15.4. The lowest BCUT2D eigenvalue weighted by molar-refractivity contribution is 0.354. The molecule has 0 fully saturated rings. The van der Waals surface area contributed by atoms with Gasteiger partial charge < -0.3 is 15.2 Å². The summed E-state index contributed by atoms with van der Waals surface area (Å²) in [4.78, 5) is 0. The SMILES string of the molecule is COc1ccc(CC(N)c2ccc(Br)c(C)c2)cc1OC. The number of methoxy groups -OCH3 is 2. The van der Waals surface area contributed by atoms with E-state index in [1.165, 1.54) is 5.56 Å². The van der Waals surface area contributed by atoms with Crippen LogP contribution in [0.5, 0.6) is 11.5 Å². The normalized spacial score (nSPS) is 12.0. The van der Waals surface area contributed by atoms with Crippen LogP contribution in [0.2, 0.25) is 0 Å². The second kappa shape index (κ2) is 6.96. The maximum Gasteiger partial charge on any atom is 0.160 e. The van der Waals surface area contributed by atoms with Crippen LogP contribution in [0.15, 0.2) is 40.9 Å². The molecule has 2 N–H and O–H groups in total. The molecule has 0 aliphatic heterocycles. The second-order valence-corrected chi connectivity index (χ2v) is 5.86.